The highest BCUT2D eigenvalue weighted by Gasteiger charge is 2.19. The van der Waals surface area contributed by atoms with E-state index in [0.717, 1.165) is 60.4 Å². The third-order valence-electron chi connectivity index (χ3n) is 3.43. The second kappa shape index (κ2) is 6.65. The molecule has 21 heavy (non-hydrogen) atoms. The van der Waals surface area contributed by atoms with E-state index in [9.17, 15) is 0 Å². The normalized spacial score (nSPS) is 16.1. The molecule has 0 atom stereocenters. The second-order valence-electron chi connectivity index (χ2n) is 4.88. The van der Waals surface area contributed by atoms with Crippen molar-refractivity contribution in [1.82, 2.24) is 19.3 Å². The fourth-order valence-corrected chi connectivity index (χ4v) is 3.30. The summed E-state index contributed by atoms with van der Waals surface area (Å²) in [5.74, 6) is 1.74. The van der Waals surface area contributed by atoms with E-state index in [1.807, 2.05) is 0 Å². The number of hydrogen-bond acceptors (Lipinski definition) is 7. The maximum atomic E-state index is 4.58. The molecule has 1 aliphatic rings. The van der Waals surface area contributed by atoms with E-state index in [1.54, 1.807) is 12.4 Å². The number of halogens is 1. The van der Waals surface area contributed by atoms with Crippen LogP contribution in [0.15, 0.2) is 16.9 Å². The first-order chi connectivity index (χ1) is 10.3. The summed E-state index contributed by atoms with van der Waals surface area (Å²) in [6, 6.07) is 0. The van der Waals surface area contributed by atoms with Crippen LogP contribution in [0.3, 0.4) is 0 Å². The molecule has 0 spiro atoms. The summed E-state index contributed by atoms with van der Waals surface area (Å²) < 4.78 is 5.28. The Morgan fingerprint density at radius 1 is 1.14 bits per heavy atom. The molecule has 1 aliphatic heterocycles. The van der Waals surface area contributed by atoms with Crippen LogP contribution < -0.4 is 9.80 Å². The molecule has 0 bridgehead atoms. The van der Waals surface area contributed by atoms with E-state index in [0.29, 0.717) is 0 Å². The third-order valence-corrected chi connectivity index (χ3v) is 4.65. The van der Waals surface area contributed by atoms with Gasteiger partial charge in [-0.2, -0.15) is 4.37 Å². The summed E-state index contributed by atoms with van der Waals surface area (Å²) in [6.07, 6.45) is 5.55. The minimum absolute atomic E-state index is 0.798. The van der Waals surface area contributed by atoms with Crippen LogP contribution in [0.5, 0.6) is 0 Å². The first kappa shape index (κ1) is 14.6. The molecule has 1 saturated heterocycles. The molecule has 0 N–H and O–H groups in total. The van der Waals surface area contributed by atoms with E-state index in [1.165, 1.54) is 11.5 Å². The van der Waals surface area contributed by atoms with Gasteiger partial charge in [-0.25, -0.2) is 15.0 Å². The van der Waals surface area contributed by atoms with Gasteiger partial charge in [0.1, 0.15) is 5.82 Å². The Morgan fingerprint density at radius 3 is 2.57 bits per heavy atom. The molecule has 8 heteroatoms. The SMILES string of the molecule is CCc1nsc(N2CCCN(c3ncc(Br)cn3)CC2)n1. The van der Waals surface area contributed by atoms with Crippen molar-refractivity contribution in [2.24, 2.45) is 0 Å². The van der Waals surface area contributed by atoms with Crippen LogP contribution in [0.1, 0.15) is 19.2 Å². The van der Waals surface area contributed by atoms with E-state index in [4.69, 9.17) is 0 Å². The molecule has 6 nitrogen and oxygen atoms in total. The van der Waals surface area contributed by atoms with Gasteiger partial charge in [-0.15, -0.1) is 0 Å². The van der Waals surface area contributed by atoms with Gasteiger partial charge in [0.05, 0.1) is 4.47 Å². The van der Waals surface area contributed by atoms with Crippen molar-refractivity contribution < 1.29 is 0 Å². The molecular weight excluding hydrogens is 352 g/mol. The topological polar surface area (TPSA) is 58.0 Å². The van der Waals surface area contributed by atoms with Crippen molar-refractivity contribution in [1.29, 1.82) is 0 Å². The number of aryl methyl sites for hydroxylation is 1. The molecule has 0 aliphatic carbocycles. The predicted octanol–water partition coefficient (Wildman–Crippen LogP) is 2.37. The summed E-state index contributed by atoms with van der Waals surface area (Å²) in [6.45, 7) is 5.89. The maximum Gasteiger partial charge on any atom is 0.225 e. The molecule has 0 unspecified atom stereocenters. The van der Waals surface area contributed by atoms with E-state index in [2.05, 4.69) is 52.0 Å². The van der Waals surface area contributed by atoms with E-state index >= 15 is 0 Å². The largest absolute Gasteiger partial charge is 0.345 e. The summed E-state index contributed by atoms with van der Waals surface area (Å²) in [5.41, 5.74) is 0. The average molecular weight is 369 g/mol. The fraction of sp³-hybridized carbons (Fsp3) is 0.538. The molecule has 0 saturated carbocycles. The minimum atomic E-state index is 0.798. The Hall–Kier alpha value is -1.28. The van der Waals surface area contributed by atoms with Crippen LogP contribution in [0.2, 0.25) is 0 Å². The third kappa shape index (κ3) is 3.49. The standard InChI is InChI=1S/C13H17BrN6S/c1-2-11-17-13(21-18-11)20-5-3-4-19(6-7-20)12-15-8-10(14)9-16-12/h8-9H,2-7H2,1H3. The van der Waals surface area contributed by atoms with Crippen LogP contribution >= 0.6 is 27.5 Å². The minimum Gasteiger partial charge on any atom is -0.345 e. The molecule has 2 aromatic rings. The lowest BCUT2D eigenvalue weighted by Gasteiger charge is -2.21. The number of aromatic nitrogens is 4. The molecule has 0 aromatic carbocycles. The van der Waals surface area contributed by atoms with Crippen molar-refractivity contribution in [3.63, 3.8) is 0 Å². The molecular formula is C13H17BrN6S. The first-order valence-corrected chi connectivity index (χ1v) is 8.63. The number of nitrogens with zero attached hydrogens (tertiary/aromatic N) is 6. The summed E-state index contributed by atoms with van der Waals surface area (Å²) in [7, 11) is 0. The average Bonchev–Trinajstić information content (AvgIpc) is 2.85. The quantitative estimate of drug-likeness (QED) is 0.828. The lowest BCUT2D eigenvalue weighted by atomic mass is 10.4. The highest BCUT2D eigenvalue weighted by Crippen LogP contribution is 2.20. The van der Waals surface area contributed by atoms with Crippen LogP contribution in [0, 0.1) is 0 Å². The van der Waals surface area contributed by atoms with Crippen molar-refractivity contribution in [3.8, 4) is 0 Å². The van der Waals surface area contributed by atoms with Crippen LogP contribution in [-0.2, 0) is 6.42 Å². The molecule has 0 radical (unpaired) electrons. The van der Waals surface area contributed by atoms with Gasteiger partial charge in [-0.3, -0.25) is 0 Å². The van der Waals surface area contributed by atoms with Crippen LogP contribution in [0.25, 0.3) is 0 Å². The predicted molar refractivity (Wildman–Crippen MR) is 88.1 cm³/mol. The highest BCUT2D eigenvalue weighted by atomic mass is 79.9. The fourth-order valence-electron chi connectivity index (χ4n) is 2.29. The van der Waals surface area contributed by atoms with Crippen LogP contribution in [0.4, 0.5) is 11.1 Å². The van der Waals surface area contributed by atoms with Gasteiger partial charge in [0, 0.05) is 56.5 Å². The number of anilines is 2. The smallest absolute Gasteiger partial charge is 0.225 e. The summed E-state index contributed by atoms with van der Waals surface area (Å²) in [4.78, 5) is 17.9. The zero-order valence-corrected chi connectivity index (χ0v) is 14.3. The Labute approximate surface area is 136 Å². The highest BCUT2D eigenvalue weighted by molar-refractivity contribution is 9.10. The van der Waals surface area contributed by atoms with Gasteiger partial charge in [-0.05, 0) is 22.4 Å². The summed E-state index contributed by atoms with van der Waals surface area (Å²) >= 11 is 4.87. The Morgan fingerprint density at radius 2 is 1.86 bits per heavy atom. The first-order valence-electron chi connectivity index (χ1n) is 7.06. The van der Waals surface area contributed by atoms with Crippen molar-refractivity contribution in [2.75, 3.05) is 36.0 Å². The molecule has 0 amide bonds. The van der Waals surface area contributed by atoms with Crippen molar-refractivity contribution in [2.45, 2.75) is 19.8 Å². The number of hydrogen-bond donors (Lipinski definition) is 0. The molecule has 1 fully saturated rings. The van der Waals surface area contributed by atoms with Gasteiger partial charge in [0.15, 0.2) is 0 Å². The Kier molecular flexibility index (Phi) is 4.64. The van der Waals surface area contributed by atoms with Gasteiger partial charge in [0.25, 0.3) is 0 Å². The Balaban J connectivity index is 1.67. The summed E-state index contributed by atoms with van der Waals surface area (Å²) in [5, 5.41) is 1.03. The lowest BCUT2D eigenvalue weighted by Crippen LogP contribution is -2.31. The van der Waals surface area contributed by atoms with E-state index in [-0.39, 0.29) is 0 Å². The molecule has 112 valence electrons. The molecule has 3 heterocycles. The van der Waals surface area contributed by atoms with E-state index < -0.39 is 0 Å². The van der Waals surface area contributed by atoms with Crippen molar-refractivity contribution >= 4 is 38.5 Å². The second-order valence-corrected chi connectivity index (χ2v) is 6.52. The van der Waals surface area contributed by atoms with Gasteiger partial charge in [0.2, 0.25) is 11.1 Å². The molecule has 3 rings (SSSR count). The zero-order chi connectivity index (χ0) is 14.7. The monoisotopic (exact) mass is 368 g/mol. The lowest BCUT2D eigenvalue weighted by molar-refractivity contribution is 0.781. The van der Waals surface area contributed by atoms with Crippen molar-refractivity contribution in [3.05, 3.63) is 22.7 Å². The maximum absolute atomic E-state index is 4.58. The zero-order valence-electron chi connectivity index (χ0n) is 11.9. The van der Waals surface area contributed by atoms with Gasteiger partial charge < -0.3 is 9.80 Å². The van der Waals surface area contributed by atoms with Gasteiger partial charge in [-0.1, -0.05) is 6.92 Å². The van der Waals surface area contributed by atoms with Gasteiger partial charge >= 0.3 is 0 Å². The van der Waals surface area contributed by atoms with Crippen LogP contribution in [-0.4, -0.2) is 45.5 Å². The molecule has 2 aromatic heterocycles. The number of rotatable bonds is 3. The Bertz CT molecular complexity index is 587.